The molecular formula is C17H18ClO2. The van der Waals surface area contributed by atoms with Gasteiger partial charge in [-0.15, -0.1) is 0 Å². The number of halogens is 1. The summed E-state index contributed by atoms with van der Waals surface area (Å²) in [5.41, 5.74) is 2.16. The highest BCUT2D eigenvalue weighted by atomic mass is 35.5. The molecule has 0 unspecified atom stereocenters. The van der Waals surface area contributed by atoms with Crippen LogP contribution >= 0.6 is 11.6 Å². The van der Waals surface area contributed by atoms with Crippen LogP contribution in [-0.4, -0.2) is 7.11 Å². The van der Waals surface area contributed by atoms with Crippen LogP contribution in [0.2, 0.25) is 5.02 Å². The van der Waals surface area contributed by atoms with E-state index in [0.717, 1.165) is 17.1 Å². The molecule has 1 radical (unpaired) electrons. The Hall–Kier alpha value is -1.67. The fourth-order valence-corrected chi connectivity index (χ4v) is 2.06. The number of methoxy groups -OCH3 is 1. The summed E-state index contributed by atoms with van der Waals surface area (Å²) in [7, 11) is 1.62. The lowest BCUT2D eigenvalue weighted by atomic mass is 10.0. The second-order valence-corrected chi connectivity index (χ2v) is 5.29. The van der Waals surface area contributed by atoms with E-state index in [9.17, 15) is 0 Å². The third-order valence-corrected chi connectivity index (χ3v) is 3.46. The lowest BCUT2D eigenvalue weighted by Gasteiger charge is -2.11. The van der Waals surface area contributed by atoms with Gasteiger partial charge in [-0.3, -0.25) is 0 Å². The van der Waals surface area contributed by atoms with E-state index in [4.69, 9.17) is 21.1 Å². The summed E-state index contributed by atoms with van der Waals surface area (Å²) in [6, 6.07) is 14.6. The van der Waals surface area contributed by atoms with Crippen LogP contribution in [0, 0.1) is 6.07 Å². The minimum atomic E-state index is 0.418. The molecule has 0 fully saturated rings. The standard InChI is InChI=1S/C17H18ClO2/c1-12(2)13-5-4-6-16(9-13)20-11-14-7-8-15(19-3)10-17(14)18/h4-5,7-10,12H,11H2,1-3H3. The Morgan fingerprint density at radius 3 is 2.65 bits per heavy atom. The molecule has 0 aliphatic rings. The zero-order valence-electron chi connectivity index (χ0n) is 11.9. The van der Waals surface area contributed by atoms with E-state index < -0.39 is 0 Å². The van der Waals surface area contributed by atoms with Gasteiger partial charge in [0.1, 0.15) is 18.1 Å². The molecule has 0 amide bonds. The molecule has 0 aliphatic heterocycles. The average molecular weight is 290 g/mol. The summed E-state index contributed by atoms with van der Waals surface area (Å²) >= 11 is 6.19. The summed E-state index contributed by atoms with van der Waals surface area (Å²) in [6.07, 6.45) is 0. The van der Waals surface area contributed by atoms with Gasteiger partial charge >= 0.3 is 0 Å². The fourth-order valence-electron chi connectivity index (χ4n) is 1.83. The van der Waals surface area contributed by atoms with Gasteiger partial charge in [-0.1, -0.05) is 43.6 Å². The topological polar surface area (TPSA) is 18.5 Å². The molecule has 0 N–H and O–H groups in total. The van der Waals surface area contributed by atoms with Crippen molar-refractivity contribution in [3.8, 4) is 11.5 Å². The Labute approximate surface area is 125 Å². The largest absolute Gasteiger partial charge is 0.497 e. The Bertz CT molecular complexity index is 579. The van der Waals surface area contributed by atoms with Crippen molar-refractivity contribution in [3.63, 3.8) is 0 Å². The smallest absolute Gasteiger partial charge is 0.128 e. The first kappa shape index (κ1) is 14.7. The van der Waals surface area contributed by atoms with Crippen LogP contribution in [0.5, 0.6) is 11.5 Å². The zero-order valence-corrected chi connectivity index (χ0v) is 12.7. The number of hydrogen-bond donors (Lipinski definition) is 0. The molecule has 3 heteroatoms. The van der Waals surface area contributed by atoms with Crippen molar-refractivity contribution in [3.05, 3.63) is 58.6 Å². The Balaban J connectivity index is 2.07. The second kappa shape index (κ2) is 6.67. The van der Waals surface area contributed by atoms with Crippen LogP contribution in [-0.2, 0) is 6.61 Å². The fraction of sp³-hybridized carbons (Fsp3) is 0.294. The van der Waals surface area contributed by atoms with Crippen molar-refractivity contribution < 1.29 is 9.47 Å². The summed E-state index contributed by atoms with van der Waals surface area (Å²) < 4.78 is 10.9. The molecule has 0 aliphatic carbocycles. The zero-order chi connectivity index (χ0) is 14.5. The molecule has 2 nitrogen and oxygen atoms in total. The SMILES string of the molecule is COc1ccc(COc2[c]ccc(C(C)C)c2)c(Cl)c1. The highest BCUT2D eigenvalue weighted by Gasteiger charge is 2.05. The normalized spacial score (nSPS) is 10.7. The second-order valence-electron chi connectivity index (χ2n) is 4.89. The molecule has 0 aromatic heterocycles. The number of ether oxygens (including phenoxy) is 2. The first-order chi connectivity index (χ1) is 9.60. The van der Waals surface area contributed by atoms with Gasteiger partial charge in [0, 0.05) is 11.6 Å². The first-order valence-corrected chi connectivity index (χ1v) is 6.95. The van der Waals surface area contributed by atoms with E-state index >= 15 is 0 Å². The van der Waals surface area contributed by atoms with Gasteiger partial charge in [0.25, 0.3) is 0 Å². The van der Waals surface area contributed by atoms with Gasteiger partial charge in [0.05, 0.1) is 12.1 Å². The summed E-state index contributed by atoms with van der Waals surface area (Å²) in [5.74, 6) is 1.95. The van der Waals surface area contributed by atoms with Crippen molar-refractivity contribution in [2.75, 3.05) is 7.11 Å². The number of benzene rings is 2. The molecule has 0 atom stereocenters. The monoisotopic (exact) mass is 289 g/mol. The third kappa shape index (κ3) is 3.67. The maximum absolute atomic E-state index is 6.19. The quantitative estimate of drug-likeness (QED) is 0.783. The van der Waals surface area contributed by atoms with Crippen molar-refractivity contribution in [2.24, 2.45) is 0 Å². The third-order valence-electron chi connectivity index (χ3n) is 3.11. The van der Waals surface area contributed by atoms with Gasteiger partial charge in [-0.2, -0.15) is 0 Å². The lowest BCUT2D eigenvalue weighted by molar-refractivity contribution is 0.305. The number of rotatable bonds is 5. The van der Waals surface area contributed by atoms with Gasteiger partial charge in [-0.05, 0) is 29.7 Å². The highest BCUT2D eigenvalue weighted by Crippen LogP contribution is 2.25. The van der Waals surface area contributed by atoms with E-state index in [-0.39, 0.29) is 0 Å². The van der Waals surface area contributed by atoms with Crippen LogP contribution in [0.15, 0.2) is 36.4 Å². The van der Waals surface area contributed by atoms with E-state index in [0.29, 0.717) is 17.5 Å². The molecule has 2 aromatic rings. The van der Waals surface area contributed by atoms with Crippen LogP contribution in [0.4, 0.5) is 0 Å². The summed E-state index contributed by atoms with van der Waals surface area (Å²) in [5, 5.41) is 0.643. The van der Waals surface area contributed by atoms with Gasteiger partial charge in [0.15, 0.2) is 0 Å². The molecule has 2 rings (SSSR count). The molecular weight excluding hydrogens is 272 g/mol. The molecule has 20 heavy (non-hydrogen) atoms. The highest BCUT2D eigenvalue weighted by molar-refractivity contribution is 6.31. The Morgan fingerprint density at radius 1 is 1.20 bits per heavy atom. The lowest BCUT2D eigenvalue weighted by Crippen LogP contribution is -1.98. The average Bonchev–Trinajstić information content (AvgIpc) is 2.46. The molecule has 0 bridgehead atoms. The Morgan fingerprint density at radius 2 is 2.00 bits per heavy atom. The van der Waals surface area contributed by atoms with E-state index in [2.05, 4.69) is 26.0 Å². The van der Waals surface area contributed by atoms with Crippen molar-refractivity contribution in [1.82, 2.24) is 0 Å². The van der Waals surface area contributed by atoms with E-state index in [1.54, 1.807) is 13.2 Å². The van der Waals surface area contributed by atoms with Crippen molar-refractivity contribution in [1.29, 1.82) is 0 Å². The van der Waals surface area contributed by atoms with Gasteiger partial charge in [-0.25, -0.2) is 0 Å². The minimum Gasteiger partial charge on any atom is -0.497 e. The molecule has 2 aromatic carbocycles. The molecule has 105 valence electrons. The van der Waals surface area contributed by atoms with E-state index in [1.807, 2.05) is 24.3 Å². The molecule has 0 saturated carbocycles. The first-order valence-electron chi connectivity index (χ1n) is 6.57. The Kier molecular flexibility index (Phi) is 4.91. The maximum atomic E-state index is 6.19. The summed E-state index contributed by atoms with van der Waals surface area (Å²) in [6.45, 7) is 4.72. The minimum absolute atomic E-state index is 0.418. The van der Waals surface area contributed by atoms with Crippen LogP contribution in [0.3, 0.4) is 0 Å². The molecule has 0 spiro atoms. The summed E-state index contributed by atoms with van der Waals surface area (Å²) in [4.78, 5) is 0. The van der Waals surface area contributed by atoms with Gasteiger partial charge in [0.2, 0.25) is 0 Å². The molecule has 0 heterocycles. The van der Waals surface area contributed by atoms with Gasteiger partial charge < -0.3 is 9.47 Å². The molecule has 0 saturated heterocycles. The van der Waals surface area contributed by atoms with Crippen molar-refractivity contribution >= 4 is 11.6 Å². The van der Waals surface area contributed by atoms with Crippen LogP contribution < -0.4 is 9.47 Å². The van der Waals surface area contributed by atoms with Crippen molar-refractivity contribution in [2.45, 2.75) is 26.4 Å². The van der Waals surface area contributed by atoms with Crippen LogP contribution in [0.25, 0.3) is 0 Å². The maximum Gasteiger partial charge on any atom is 0.128 e. The van der Waals surface area contributed by atoms with Crippen LogP contribution in [0.1, 0.15) is 30.9 Å². The predicted molar refractivity (Wildman–Crippen MR) is 81.7 cm³/mol. The number of hydrogen-bond acceptors (Lipinski definition) is 2. The van der Waals surface area contributed by atoms with E-state index in [1.165, 1.54) is 5.56 Å². The predicted octanol–water partition coefficient (Wildman–Crippen LogP) is 4.85.